The highest BCUT2D eigenvalue weighted by Crippen LogP contribution is 2.08. The van der Waals surface area contributed by atoms with Crippen molar-refractivity contribution in [1.82, 2.24) is 9.55 Å². The van der Waals surface area contributed by atoms with Gasteiger partial charge in [0.1, 0.15) is 12.0 Å². The van der Waals surface area contributed by atoms with Gasteiger partial charge in [0, 0.05) is 18.5 Å². The topological polar surface area (TPSA) is 95.1 Å². The van der Waals surface area contributed by atoms with Crippen LogP contribution < -0.4 is 5.69 Å². The normalized spacial score (nSPS) is 10.3. The van der Waals surface area contributed by atoms with Crippen LogP contribution in [0.2, 0.25) is 0 Å². The predicted octanol–water partition coefficient (Wildman–Crippen LogP) is 1.56. The van der Waals surface area contributed by atoms with Crippen molar-refractivity contribution in [2.75, 3.05) is 0 Å². The van der Waals surface area contributed by atoms with Crippen LogP contribution in [0.4, 0.5) is 10.1 Å². The van der Waals surface area contributed by atoms with E-state index in [1.54, 1.807) is 0 Å². The van der Waals surface area contributed by atoms with Crippen LogP contribution in [0, 0.1) is 15.9 Å². The average molecular weight is 291 g/mol. The molecule has 0 fully saturated rings. The van der Waals surface area contributed by atoms with Crippen molar-refractivity contribution >= 4 is 11.5 Å². The number of nitrogens with zero attached hydrogens (tertiary/aromatic N) is 3. The zero-order chi connectivity index (χ0) is 15.4. The fourth-order valence-electron chi connectivity index (χ4n) is 1.70. The number of aryl methyl sites for hydroxylation is 1. The number of benzene rings is 1. The summed E-state index contributed by atoms with van der Waals surface area (Å²) in [5.41, 5.74) is -0.695. The Labute approximate surface area is 117 Å². The highest BCUT2D eigenvalue weighted by atomic mass is 19.1. The lowest BCUT2D eigenvalue weighted by molar-refractivity contribution is -0.385. The fraction of sp³-hybridized carbons (Fsp3) is 0.154. The van der Waals surface area contributed by atoms with Gasteiger partial charge in [-0.25, -0.2) is 9.18 Å². The SMILES string of the molecule is O=C(CCn1cc([N+](=O)[O-])cnc1=O)c1ccc(F)cc1. The summed E-state index contributed by atoms with van der Waals surface area (Å²) in [6.07, 6.45) is 1.85. The van der Waals surface area contributed by atoms with E-state index in [0.29, 0.717) is 5.56 Å². The maximum atomic E-state index is 12.7. The largest absolute Gasteiger partial charge is 0.347 e. The summed E-state index contributed by atoms with van der Waals surface area (Å²) in [5, 5.41) is 10.6. The maximum absolute atomic E-state index is 12.7. The summed E-state index contributed by atoms with van der Waals surface area (Å²) in [4.78, 5) is 36.6. The molecule has 1 aromatic heterocycles. The van der Waals surface area contributed by atoms with Gasteiger partial charge in [-0.1, -0.05) is 0 Å². The first kappa shape index (κ1) is 14.5. The molecule has 0 amide bonds. The van der Waals surface area contributed by atoms with Gasteiger partial charge in [-0.15, -0.1) is 0 Å². The Morgan fingerprint density at radius 2 is 2.00 bits per heavy atom. The molecule has 0 atom stereocenters. The highest BCUT2D eigenvalue weighted by Gasteiger charge is 2.11. The number of ketones is 1. The van der Waals surface area contributed by atoms with E-state index in [0.717, 1.165) is 29.1 Å². The van der Waals surface area contributed by atoms with Crippen LogP contribution in [-0.4, -0.2) is 20.3 Å². The second-order valence-electron chi connectivity index (χ2n) is 4.23. The molecule has 0 spiro atoms. The number of hydrogen-bond donors (Lipinski definition) is 0. The van der Waals surface area contributed by atoms with E-state index in [1.165, 1.54) is 12.1 Å². The summed E-state index contributed by atoms with van der Waals surface area (Å²) < 4.78 is 13.7. The van der Waals surface area contributed by atoms with Gasteiger partial charge < -0.3 is 0 Å². The summed E-state index contributed by atoms with van der Waals surface area (Å²) in [6.45, 7) is -0.0380. The molecule has 0 bridgehead atoms. The first-order valence-electron chi connectivity index (χ1n) is 5.97. The summed E-state index contributed by atoms with van der Waals surface area (Å²) in [7, 11) is 0. The van der Waals surface area contributed by atoms with Gasteiger partial charge in [-0.05, 0) is 24.3 Å². The van der Waals surface area contributed by atoms with E-state index in [2.05, 4.69) is 4.98 Å². The monoisotopic (exact) mass is 291 g/mol. The van der Waals surface area contributed by atoms with Crippen molar-refractivity contribution in [3.63, 3.8) is 0 Å². The number of halogens is 1. The van der Waals surface area contributed by atoms with Crippen molar-refractivity contribution in [3.8, 4) is 0 Å². The van der Waals surface area contributed by atoms with Crippen LogP contribution in [0.3, 0.4) is 0 Å². The average Bonchev–Trinajstić information content (AvgIpc) is 2.46. The van der Waals surface area contributed by atoms with Crippen LogP contribution in [0.5, 0.6) is 0 Å². The van der Waals surface area contributed by atoms with Crippen molar-refractivity contribution in [3.05, 3.63) is 68.6 Å². The lowest BCUT2D eigenvalue weighted by Gasteiger charge is -2.04. The van der Waals surface area contributed by atoms with E-state index in [9.17, 15) is 24.1 Å². The van der Waals surface area contributed by atoms with Crippen LogP contribution in [0.25, 0.3) is 0 Å². The van der Waals surface area contributed by atoms with Gasteiger partial charge in [0.25, 0.3) is 0 Å². The summed E-state index contributed by atoms with van der Waals surface area (Å²) in [5.74, 6) is -0.751. The number of carbonyl (C=O) groups excluding carboxylic acids is 1. The van der Waals surface area contributed by atoms with Gasteiger partial charge in [0.05, 0.1) is 11.1 Å². The molecular formula is C13H10FN3O4. The maximum Gasteiger partial charge on any atom is 0.347 e. The minimum absolute atomic E-state index is 0.0380. The smallest absolute Gasteiger partial charge is 0.294 e. The molecule has 2 aromatic rings. The molecular weight excluding hydrogens is 281 g/mol. The highest BCUT2D eigenvalue weighted by molar-refractivity contribution is 5.95. The standard InChI is InChI=1S/C13H10FN3O4/c14-10-3-1-9(2-4-10)12(18)5-6-16-8-11(17(20)21)7-15-13(16)19/h1-4,7-8H,5-6H2. The summed E-state index contributed by atoms with van der Waals surface area (Å²) >= 11 is 0. The molecule has 0 aliphatic rings. The number of nitro groups is 1. The third-order valence-electron chi connectivity index (χ3n) is 2.80. The van der Waals surface area contributed by atoms with Gasteiger partial charge in [-0.2, -0.15) is 4.98 Å². The number of hydrogen-bond acceptors (Lipinski definition) is 5. The Morgan fingerprint density at radius 1 is 1.33 bits per heavy atom. The first-order valence-corrected chi connectivity index (χ1v) is 5.97. The molecule has 1 aromatic carbocycles. The molecule has 0 radical (unpaired) electrons. The Balaban J connectivity index is 2.11. The summed E-state index contributed by atoms with van der Waals surface area (Å²) in [6, 6.07) is 5.00. The molecule has 21 heavy (non-hydrogen) atoms. The van der Waals surface area contributed by atoms with Gasteiger partial charge in [0.15, 0.2) is 5.78 Å². The lowest BCUT2D eigenvalue weighted by atomic mass is 10.1. The Bertz CT molecular complexity index is 740. The van der Waals surface area contributed by atoms with Gasteiger partial charge in [-0.3, -0.25) is 19.5 Å². The third kappa shape index (κ3) is 3.56. The number of Topliss-reactive ketones (excluding diaryl/α,β-unsaturated/α-hetero) is 1. The minimum Gasteiger partial charge on any atom is -0.294 e. The second kappa shape index (κ2) is 6.04. The zero-order valence-corrected chi connectivity index (χ0v) is 10.7. The van der Waals surface area contributed by atoms with E-state index in [1.807, 2.05) is 0 Å². The number of carbonyl (C=O) groups is 1. The number of aromatic nitrogens is 2. The first-order chi connectivity index (χ1) is 9.97. The molecule has 2 rings (SSSR count). The molecule has 0 aliphatic heterocycles. The van der Waals surface area contributed by atoms with Crippen LogP contribution in [0.1, 0.15) is 16.8 Å². The molecule has 1 heterocycles. The molecule has 0 saturated heterocycles. The Morgan fingerprint density at radius 3 is 2.62 bits per heavy atom. The molecule has 7 nitrogen and oxygen atoms in total. The molecule has 0 N–H and O–H groups in total. The molecule has 0 saturated carbocycles. The fourth-order valence-corrected chi connectivity index (χ4v) is 1.70. The predicted molar refractivity (Wildman–Crippen MR) is 70.5 cm³/mol. The zero-order valence-electron chi connectivity index (χ0n) is 10.7. The quantitative estimate of drug-likeness (QED) is 0.473. The molecule has 0 unspecified atom stereocenters. The second-order valence-corrected chi connectivity index (χ2v) is 4.23. The molecule has 8 heteroatoms. The molecule has 0 aliphatic carbocycles. The van der Waals surface area contributed by atoms with Crippen LogP contribution in [-0.2, 0) is 6.54 Å². The van der Waals surface area contributed by atoms with E-state index < -0.39 is 16.4 Å². The Hall–Kier alpha value is -2.90. The lowest BCUT2D eigenvalue weighted by Crippen LogP contribution is -2.23. The van der Waals surface area contributed by atoms with E-state index in [-0.39, 0.29) is 24.4 Å². The van der Waals surface area contributed by atoms with Crippen molar-refractivity contribution in [2.24, 2.45) is 0 Å². The number of rotatable bonds is 5. The van der Waals surface area contributed by atoms with Crippen molar-refractivity contribution < 1.29 is 14.1 Å². The van der Waals surface area contributed by atoms with E-state index >= 15 is 0 Å². The van der Waals surface area contributed by atoms with Crippen molar-refractivity contribution in [1.29, 1.82) is 0 Å². The Kier molecular flexibility index (Phi) is 4.17. The van der Waals surface area contributed by atoms with Gasteiger partial charge >= 0.3 is 11.4 Å². The van der Waals surface area contributed by atoms with Crippen molar-refractivity contribution in [2.45, 2.75) is 13.0 Å². The molecule has 108 valence electrons. The third-order valence-corrected chi connectivity index (χ3v) is 2.80. The van der Waals surface area contributed by atoms with Gasteiger partial charge in [0.2, 0.25) is 0 Å². The van der Waals surface area contributed by atoms with Crippen LogP contribution >= 0.6 is 0 Å². The van der Waals surface area contributed by atoms with E-state index in [4.69, 9.17) is 0 Å². The minimum atomic E-state index is -0.676. The van der Waals surface area contributed by atoms with Crippen LogP contribution in [0.15, 0.2) is 41.5 Å².